The van der Waals surface area contributed by atoms with Crippen LogP contribution in [0.4, 0.5) is 5.69 Å². The monoisotopic (exact) mass is 275 g/mol. The molecule has 0 bridgehead atoms. The molecule has 1 aromatic carbocycles. The third-order valence-corrected chi connectivity index (χ3v) is 4.81. The van der Waals surface area contributed by atoms with Crippen LogP contribution in [0, 0.1) is 6.92 Å². The Bertz CT molecular complexity index is 656. The Balaban J connectivity index is 1.78. The molecule has 0 aliphatic rings. The first kappa shape index (κ1) is 11.6. The molecule has 5 heteroatoms. The first-order chi connectivity index (χ1) is 8.74. The summed E-state index contributed by atoms with van der Waals surface area (Å²) >= 11 is 3.44. The van der Waals surface area contributed by atoms with Crippen molar-refractivity contribution in [1.29, 1.82) is 0 Å². The molecule has 0 aliphatic heterocycles. The van der Waals surface area contributed by atoms with Gasteiger partial charge in [0.1, 0.15) is 0 Å². The third kappa shape index (κ3) is 2.11. The van der Waals surface area contributed by atoms with E-state index in [2.05, 4.69) is 28.6 Å². The predicted octanol–water partition coefficient (Wildman–Crippen LogP) is 3.58. The van der Waals surface area contributed by atoms with Gasteiger partial charge in [-0.1, -0.05) is 6.07 Å². The van der Waals surface area contributed by atoms with Crippen LogP contribution < -0.4 is 5.73 Å². The van der Waals surface area contributed by atoms with Gasteiger partial charge in [-0.05, 0) is 24.6 Å². The molecule has 0 atom stereocenters. The second-order valence-corrected chi connectivity index (χ2v) is 5.97. The van der Waals surface area contributed by atoms with Gasteiger partial charge in [0.2, 0.25) is 0 Å². The minimum atomic E-state index is 0.853. The van der Waals surface area contributed by atoms with E-state index in [1.165, 1.54) is 4.90 Å². The zero-order valence-electron chi connectivity index (χ0n) is 9.96. The van der Waals surface area contributed by atoms with Gasteiger partial charge in [-0.15, -0.1) is 23.1 Å². The molecule has 2 aromatic heterocycles. The highest BCUT2D eigenvalue weighted by Crippen LogP contribution is 2.28. The lowest BCUT2D eigenvalue weighted by atomic mass is 10.2. The molecule has 0 spiro atoms. The van der Waals surface area contributed by atoms with Gasteiger partial charge in [-0.25, -0.2) is 4.98 Å². The molecule has 3 rings (SSSR count). The maximum atomic E-state index is 5.90. The molecule has 0 saturated carbocycles. The van der Waals surface area contributed by atoms with Crippen molar-refractivity contribution < 1.29 is 0 Å². The predicted molar refractivity (Wildman–Crippen MR) is 78.2 cm³/mol. The SMILES string of the molecule is Cc1c(N)cccc1SCc1cn2ccsc2n1. The van der Waals surface area contributed by atoms with Crippen molar-refractivity contribution in [2.24, 2.45) is 0 Å². The highest BCUT2D eigenvalue weighted by Gasteiger charge is 2.06. The maximum absolute atomic E-state index is 5.90. The average molecular weight is 275 g/mol. The van der Waals surface area contributed by atoms with E-state index in [1.807, 2.05) is 23.7 Å². The van der Waals surface area contributed by atoms with E-state index in [1.54, 1.807) is 23.1 Å². The van der Waals surface area contributed by atoms with Gasteiger partial charge in [0.15, 0.2) is 4.96 Å². The molecule has 3 nitrogen and oxygen atoms in total. The summed E-state index contributed by atoms with van der Waals surface area (Å²) in [6.45, 7) is 2.06. The molecule has 18 heavy (non-hydrogen) atoms. The van der Waals surface area contributed by atoms with E-state index < -0.39 is 0 Å². The standard InChI is InChI=1S/C13H13N3S2/c1-9-11(14)3-2-4-12(9)18-8-10-7-16-5-6-17-13(16)15-10/h2-7H,8,14H2,1H3. The Labute approximate surface area is 114 Å². The van der Waals surface area contributed by atoms with Crippen molar-refractivity contribution >= 4 is 33.7 Å². The fourth-order valence-corrected chi connectivity index (χ4v) is 3.46. The zero-order valence-corrected chi connectivity index (χ0v) is 11.6. The number of anilines is 1. The number of nitrogen functional groups attached to an aromatic ring is 1. The van der Waals surface area contributed by atoms with Gasteiger partial charge in [-0.3, -0.25) is 4.40 Å². The fraction of sp³-hybridized carbons (Fsp3) is 0.154. The molecule has 0 amide bonds. The van der Waals surface area contributed by atoms with Crippen molar-refractivity contribution in [3.8, 4) is 0 Å². The Morgan fingerprint density at radius 3 is 3.17 bits per heavy atom. The molecule has 0 saturated heterocycles. The Kier molecular flexibility index (Phi) is 3.01. The number of rotatable bonds is 3. The summed E-state index contributed by atoms with van der Waals surface area (Å²) in [5.41, 5.74) is 9.02. The summed E-state index contributed by atoms with van der Waals surface area (Å²) in [7, 11) is 0. The first-order valence-electron chi connectivity index (χ1n) is 5.63. The molecule has 2 heterocycles. The number of fused-ring (bicyclic) bond motifs is 1. The van der Waals surface area contributed by atoms with Crippen molar-refractivity contribution in [2.45, 2.75) is 17.6 Å². The quantitative estimate of drug-likeness (QED) is 0.587. The van der Waals surface area contributed by atoms with Crippen molar-refractivity contribution in [3.05, 3.63) is 47.2 Å². The molecule has 3 aromatic rings. The Morgan fingerprint density at radius 2 is 2.33 bits per heavy atom. The van der Waals surface area contributed by atoms with Crippen LogP contribution in [0.2, 0.25) is 0 Å². The lowest BCUT2D eigenvalue weighted by Crippen LogP contribution is -1.91. The summed E-state index contributed by atoms with van der Waals surface area (Å²) in [6, 6.07) is 6.04. The van der Waals surface area contributed by atoms with Gasteiger partial charge in [0, 0.05) is 34.1 Å². The number of hydrogen-bond acceptors (Lipinski definition) is 4. The third-order valence-electron chi connectivity index (χ3n) is 2.84. The van der Waals surface area contributed by atoms with Crippen LogP contribution >= 0.6 is 23.1 Å². The molecule has 0 fully saturated rings. The van der Waals surface area contributed by atoms with E-state index in [4.69, 9.17) is 5.73 Å². The fourth-order valence-electron chi connectivity index (χ4n) is 1.79. The minimum absolute atomic E-state index is 0.853. The van der Waals surface area contributed by atoms with Gasteiger partial charge in [-0.2, -0.15) is 0 Å². The zero-order chi connectivity index (χ0) is 12.5. The Morgan fingerprint density at radius 1 is 1.44 bits per heavy atom. The first-order valence-corrected chi connectivity index (χ1v) is 7.49. The Hall–Kier alpha value is -1.46. The number of aromatic nitrogens is 2. The van der Waals surface area contributed by atoms with E-state index in [0.29, 0.717) is 0 Å². The smallest absolute Gasteiger partial charge is 0.193 e. The van der Waals surface area contributed by atoms with Gasteiger partial charge in [0.25, 0.3) is 0 Å². The van der Waals surface area contributed by atoms with Crippen LogP contribution in [0.15, 0.2) is 40.9 Å². The second-order valence-electron chi connectivity index (χ2n) is 4.08. The van der Waals surface area contributed by atoms with Crippen LogP contribution in [0.25, 0.3) is 4.96 Å². The van der Waals surface area contributed by atoms with Crippen LogP contribution in [0.1, 0.15) is 11.3 Å². The number of nitrogens with zero attached hydrogens (tertiary/aromatic N) is 2. The van der Waals surface area contributed by atoms with E-state index >= 15 is 0 Å². The topological polar surface area (TPSA) is 43.3 Å². The van der Waals surface area contributed by atoms with Crippen molar-refractivity contribution in [1.82, 2.24) is 9.38 Å². The number of benzene rings is 1. The molecule has 2 N–H and O–H groups in total. The summed E-state index contributed by atoms with van der Waals surface area (Å²) in [4.78, 5) is 6.85. The summed E-state index contributed by atoms with van der Waals surface area (Å²) in [5, 5.41) is 2.04. The number of hydrogen-bond donors (Lipinski definition) is 1. The highest BCUT2D eigenvalue weighted by atomic mass is 32.2. The van der Waals surface area contributed by atoms with Crippen LogP contribution in [-0.4, -0.2) is 9.38 Å². The van der Waals surface area contributed by atoms with E-state index in [-0.39, 0.29) is 0 Å². The molecular weight excluding hydrogens is 262 g/mol. The number of thiazole rings is 1. The van der Waals surface area contributed by atoms with E-state index in [0.717, 1.165) is 27.7 Å². The molecular formula is C13H13N3S2. The number of thioether (sulfide) groups is 1. The molecule has 0 aliphatic carbocycles. The maximum Gasteiger partial charge on any atom is 0.193 e. The van der Waals surface area contributed by atoms with Crippen molar-refractivity contribution in [3.63, 3.8) is 0 Å². The number of nitrogens with two attached hydrogens (primary N) is 1. The van der Waals surface area contributed by atoms with Gasteiger partial charge >= 0.3 is 0 Å². The summed E-state index contributed by atoms with van der Waals surface area (Å²) in [6.07, 6.45) is 4.12. The molecule has 92 valence electrons. The lowest BCUT2D eigenvalue weighted by molar-refractivity contribution is 1.21. The average Bonchev–Trinajstić information content (AvgIpc) is 2.91. The largest absolute Gasteiger partial charge is 0.398 e. The normalized spacial score (nSPS) is 11.2. The van der Waals surface area contributed by atoms with Crippen LogP contribution in [0.3, 0.4) is 0 Å². The lowest BCUT2D eigenvalue weighted by Gasteiger charge is -2.06. The molecule has 0 radical (unpaired) electrons. The minimum Gasteiger partial charge on any atom is -0.398 e. The summed E-state index contributed by atoms with van der Waals surface area (Å²) in [5.74, 6) is 0.874. The molecule has 0 unspecified atom stereocenters. The van der Waals surface area contributed by atoms with Gasteiger partial charge < -0.3 is 5.73 Å². The van der Waals surface area contributed by atoms with Crippen LogP contribution in [-0.2, 0) is 5.75 Å². The van der Waals surface area contributed by atoms with Crippen molar-refractivity contribution in [2.75, 3.05) is 5.73 Å². The highest BCUT2D eigenvalue weighted by molar-refractivity contribution is 7.98. The second kappa shape index (κ2) is 4.66. The van der Waals surface area contributed by atoms with E-state index in [9.17, 15) is 0 Å². The summed E-state index contributed by atoms with van der Waals surface area (Å²) < 4.78 is 2.06. The number of imidazole rings is 1. The van der Waals surface area contributed by atoms with Gasteiger partial charge in [0.05, 0.1) is 5.69 Å². The van der Waals surface area contributed by atoms with Crippen LogP contribution in [0.5, 0.6) is 0 Å².